The Morgan fingerprint density at radius 1 is 1.00 bits per heavy atom. The largest absolute Gasteiger partial charge is 0.350 e. The minimum atomic E-state index is -0.399. The molecule has 1 aliphatic rings. The van der Waals surface area contributed by atoms with Crippen molar-refractivity contribution in [3.8, 4) is 0 Å². The van der Waals surface area contributed by atoms with Gasteiger partial charge in [-0.3, -0.25) is 29.1 Å². The lowest BCUT2D eigenvalue weighted by Gasteiger charge is -2.15. The van der Waals surface area contributed by atoms with Crippen LogP contribution in [0.15, 0.2) is 36.8 Å². The molecule has 1 aliphatic heterocycles. The number of hydrogen-bond acceptors (Lipinski definition) is 6. The molecule has 1 aromatic carbocycles. The number of benzene rings is 1. The SMILES string of the molecule is CC(C)CN1C(=O)c2ccc(C(=O)NCCNC(=O)c3cnccn3)cc2C1=O. The van der Waals surface area contributed by atoms with Crippen molar-refractivity contribution in [3.05, 3.63) is 59.2 Å². The fraction of sp³-hybridized carbons (Fsp3) is 0.300. The quantitative estimate of drug-likeness (QED) is 0.530. The van der Waals surface area contributed by atoms with Crippen molar-refractivity contribution in [1.82, 2.24) is 25.5 Å². The van der Waals surface area contributed by atoms with Crippen molar-refractivity contribution in [2.24, 2.45) is 5.92 Å². The molecule has 0 spiro atoms. The van der Waals surface area contributed by atoms with Gasteiger partial charge in [0.05, 0.1) is 17.3 Å². The third kappa shape index (κ3) is 4.45. The number of nitrogens with one attached hydrogen (secondary N) is 2. The monoisotopic (exact) mass is 395 g/mol. The molecule has 0 aliphatic carbocycles. The molecule has 2 N–H and O–H groups in total. The highest BCUT2D eigenvalue weighted by atomic mass is 16.2. The first-order valence-corrected chi connectivity index (χ1v) is 9.21. The maximum absolute atomic E-state index is 12.5. The lowest BCUT2D eigenvalue weighted by Crippen LogP contribution is -2.35. The van der Waals surface area contributed by atoms with E-state index in [0.29, 0.717) is 12.1 Å². The average molecular weight is 395 g/mol. The summed E-state index contributed by atoms with van der Waals surface area (Å²) in [6, 6.07) is 4.44. The van der Waals surface area contributed by atoms with Crippen LogP contribution >= 0.6 is 0 Å². The summed E-state index contributed by atoms with van der Waals surface area (Å²) >= 11 is 0. The summed E-state index contributed by atoms with van der Waals surface area (Å²) < 4.78 is 0. The Morgan fingerprint density at radius 3 is 2.34 bits per heavy atom. The predicted molar refractivity (Wildman–Crippen MR) is 103 cm³/mol. The topological polar surface area (TPSA) is 121 Å². The van der Waals surface area contributed by atoms with E-state index in [1.54, 1.807) is 0 Å². The predicted octanol–water partition coefficient (Wildman–Crippen LogP) is 0.888. The zero-order valence-electron chi connectivity index (χ0n) is 16.1. The summed E-state index contributed by atoms with van der Waals surface area (Å²) in [5, 5.41) is 5.29. The summed E-state index contributed by atoms with van der Waals surface area (Å²) in [5.41, 5.74) is 1.01. The van der Waals surface area contributed by atoms with Crippen molar-refractivity contribution in [2.45, 2.75) is 13.8 Å². The molecule has 2 aromatic rings. The number of nitrogens with zero attached hydrogens (tertiary/aromatic N) is 3. The van der Waals surface area contributed by atoms with Crippen LogP contribution in [0, 0.1) is 5.92 Å². The molecular formula is C20H21N5O4. The van der Waals surface area contributed by atoms with E-state index in [2.05, 4.69) is 20.6 Å². The smallest absolute Gasteiger partial charge is 0.271 e. The fourth-order valence-electron chi connectivity index (χ4n) is 2.92. The highest BCUT2D eigenvalue weighted by Gasteiger charge is 2.36. The van der Waals surface area contributed by atoms with E-state index in [1.807, 2.05) is 13.8 Å². The van der Waals surface area contributed by atoms with Gasteiger partial charge in [-0.15, -0.1) is 0 Å². The van der Waals surface area contributed by atoms with E-state index in [9.17, 15) is 19.2 Å². The van der Waals surface area contributed by atoms with E-state index >= 15 is 0 Å². The Morgan fingerprint density at radius 2 is 1.69 bits per heavy atom. The average Bonchev–Trinajstić information content (AvgIpc) is 2.95. The molecule has 2 heterocycles. The first kappa shape index (κ1) is 20.1. The summed E-state index contributed by atoms with van der Waals surface area (Å²) in [6.07, 6.45) is 4.23. The van der Waals surface area contributed by atoms with Gasteiger partial charge in [-0.2, -0.15) is 0 Å². The summed E-state index contributed by atoms with van der Waals surface area (Å²) in [6.45, 7) is 4.57. The second-order valence-corrected chi connectivity index (χ2v) is 6.98. The number of imide groups is 1. The lowest BCUT2D eigenvalue weighted by molar-refractivity contribution is 0.0635. The Bertz CT molecular complexity index is 959. The van der Waals surface area contributed by atoms with Crippen molar-refractivity contribution < 1.29 is 19.2 Å². The highest BCUT2D eigenvalue weighted by Crippen LogP contribution is 2.24. The number of fused-ring (bicyclic) bond motifs is 1. The van der Waals surface area contributed by atoms with Crippen LogP contribution < -0.4 is 10.6 Å². The minimum Gasteiger partial charge on any atom is -0.350 e. The van der Waals surface area contributed by atoms with E-state index in [-0.39, 0.29) is 53.5 Å². The van der Waals surface area contributed by atoms with E-state index in [4.69, 9.17) is 0 Å². The van der Waals surface area contributed by atoms with Gasteiger partial charge in [0.25, 0.3) is 23.6 Å². The number of hydrogen-bond donors (Lipinski definition) is 2. The van der Waals surface area contributed by atoms with Crippen LogP contribution in [0.4, 0.5) is 0 Å². The molecule has 3 rings (SSSR count). The number of carbonyl (C=O) groups is 4. The minimum absolute atomic E-state index is 0.150. The zero-order chi connectivity index (χ0) is 21.0. The van der Waals surface area contributed by atoms with Crippen molar-refractivity contribution in [3.63, 3.8) is 0 Å². The first-order chi connectivity index (χ1) is 13.9. The molecule has 0 fully saturated rings. The molecule has 0 atom stereocenters. The third-order valence-electron chi connectivity index (χ3n) is 4.27. The summed E-state index contributed by atoms with van der Waals surface area (Å²) in [5.74, 6) is -1.36. The third-order valence-corrected chi connectivity index (χ3v) is 4.27. The van der Waals surface area contributed by atoms with Gasteiger partial charge in [0, 0.05) is 37.6 Å². The van der Waals surface area contributed by atoms with Crippen molar-refractivity contribution in [1.29, 1.82) is 0 Å². The normalized spacial score (nSPS) is 12.9. The molecule has 0 unspecified atom stereocenters. The zero-order valence-corrected chi connectivity index (χ0v) is 16.1. The van der Waals surface area contributed by atoms with Crippen LogP contribution in [-0.2, 0) is 0 Å². The second-order valence-electron chi connectivity index (χ2n) is 6.98. The van der Waals surface area contributed by atoms with Crippen molar-refractivity contribution >= 4 is 23.6 Å². The fourth-order valence-corrected chi connectivity index (χ4v) is 2.92. The molecule has 9 heteroatoms. The molecule has 0 radical (unpaired) electrons. The molecule has 1 aromatic heterocycles. The summed E-state index contributed by atoms with van der Waals surface area (Å²) in [7, 11) is 0. The van der Waals surface area contributed by atoms with Crippen LogP contribution in [0.1, 0.15) is 55.4 Å². The number of carbonyl (C=O) groups excluding carboxylic acids is 4. The number of aromatic nitrogens is 2. The molecule has 0 bridgehead atoms. The molecular weight excluding hydrogens is 374 g/mol. The van der Waals surface area contributed by atoms with Crippen LogP contribution in [0.25, 0.3) is 0 Å². The molecule has 9 nitrogen and oxygen atoms in total. The van der Waals surface area contributed by atoms with Gasteiger partial charge in [-0.05, 0) is 24.1 Å². The Labute approximate surface area is 167 Å². The van der Waals surface area contributed by atoms with E-state index in [1.165, 1.54) is 41.7 Å². The molecule has 0 saturated carbocycles. The van der Waals surface area contributed by atoms with Gasteiger partial charge >= 0.3 is 0 Å². The number of amides is 4. The van der Waals surface area contributed by atoms with Gasteiger partial charge in [0.1, 0.15) is 5.69 Å². The second kappa shape index (κ2) is 8.59. The molecule has 150 valence electrons. The molecule has 29 heavy (non-hydrogen) atoms. The molecule has 0 saturated heterocycles. The number of rotatable bonds is 7. The van der Waals surface area contributed by atoms with Gasteiger partial charge in [-0.25, -0.2) is 4.98 Å². The standard InChI is InChI=1S/C20H21N5O4/c1-12(2)11-25-19(28)14-4-3-13(9-15(14)20(25)29)17(26)23-7-8-24-18(27)16-10-21-5-6-22-16/h3-6,9-10,12H,7-8,11H2,1-2H3,(H,23,26)(H,24,27). The Balaban J connectivity index is 1.56. The van der Waals surface area contributed by atoms with Crippen molar-refractivity contribution in [2.75, 3.05) is 19.6 Å². The maximum Gasteiger partial charge on any atom is 0.271 e. The maximum atomic E-state index is 12.5. The van der Waals surface area contributed by atoms with Crippen LogP contribution in [0.3, 0.4) is 0 Å². The van der Waals surface area contributed by atoms with Crippen LogP contribution in [0.5, 0.6) is 0 Å². The van der Waals surface area contributed by atoms with Gasteiger partial charge in [0.15, 0.2) is 0 Å². The van der Waals surface area contributed by atoms with Crippen LogP contribution in [0.2, 0.25) is 0 Å². The van der Waals surface area contributed by atoms with Gasteiger partial charge in [0.2, 0.25) is 0 Å². The lowest BCUT2D eigenvalue weighted by atomic mass is 10.1. The van der Waals surface area contributed by atoms with E-state index in [0.717, 1.165) is 0 Å². The van der Waals surface area contributed by atoms with E-state index < -0.39 is 5.91 Å². The van der Waals surface area contributed by atoms with Gasteiger partial charge < -0.3 is 10.6 Å². The van der Waals surface area contributed by atoms with Gasteiger partial charge in [-0.1, -0.05) is 13.8 Å². The Hall–Kier alpha value is -3.62. The summed E-state index contributed by atoms with van der Waals surface area (Å²) in [4.78, 5) is 58.0. The molecule has 4 amide bonds. The first-order valence-electron chi connectivity index (χ1n) is 9.21. The highest BCUT2D eigenvalue weighted by molar-refractivity contribution is 6.22. The Kier molecular flexibility index (Phi) is 5.96. The van der Waals surface area contributed by atoms with Crippen LogP contribution in [-0.4, -0.2) is 58.1 Å².